The normalized spacial score (nSPS) is 14.3. The SMILES string of the molecule is COC(=O)c1ccnc(ONC(=O)Nc2c3c(cc4c2CCC4)CCC3)c1. The van der Waals surface area contributed by atoms with Crippen LogP contribution in [0.2, 0.25) is 0 Å². The summed E-state index contributed by atoms with van der Waals surface area (Å²) in [4.78, 5) is 33.2. The molecule has 1 aromatic heterocycles. The second-order valence-corrected chi connectivity index (χ2v) is 6.77. The topological polar surface area (TPSA) is 89.6 Å². The standard InChI is InChI=1S/C20H21N3O4/c1-26-19(24)14-8-9-21-17(11-14)27-23-20(25)22-18-15-6-2-4-12(15)10-13-5-3-7-16(13)18/h8-11H,2-7H2,1H3,(H2,22,23,25). The quantitative estimate of drug-likeness (QED) is 0.641. The molecule has 0 radical (unpaired) electrons. The Morgan fingerprint density at radius 3 is 2.41 bits per heavy atom. The number of fused-ring (bicyclic) bond motifs is 2. The third-order valence-corrected chi connectivity index (χ3v) is 5.12. The number of esters is 1. The van der Waals surface area contributed by atoms with Gasteiger partial charge in [-0.3, -0.25) is 0 Å². The Bertz CT molecular complexity index is 878. The number of ether oxygens (including phenoxy) is 1. The molecule has 2 aliphatic carbocycles. The number of aromatic nitrogens is 1. The summed E-state index contributed by atoms with van der Waals surface area (Å²) in [5.41, 5.74) is 8.77. The molecule has 2 aromatic rings. The monoisotopic (exact) mass is 367 g/mol. The minimum atomic E-state index is -0.498. The van der Waals surface area contributed by atoms with E-state index in [1.54, 1.807) is 0 Å². The van der Waals surface area contributed by atoms with Crippen molar-refractivity contribution in [1.82, 2.24) is 10.5 Å². The number of carbonyl (C=O) groups is 2. The molecule has 1 heterocycles. The van der Waals surface area contributed by atoms with Gasteiger partial charge < -0.3 is 14.9 Å². The predicted molar refractivity (Wildman–Crippen MR) is 98.9 cm³/mol. The Balaban J connectivity index is 1.46. The number of hydroxylamine groups is 1. The molecule has 0 fully saturated rings. The van der Waals surface area contributed by atoms with Crippen molar-refractivity contribution in [2.45, 2.75) is 38.5 Å². The maximum absolute atomic E-state index is 12.4. The average molecular weight is 367 g/mol. The Morgan fingerprint density at radius 2 is 1.74 bits per heavy atom. The Hall–Kier alpha value is -3.09. The highest BCUT2D eigenvalue weighted by Gasteiger charge is 2.25. The lowest BCUT2D eigenvalue weighted by Gasteiger charge is -2.16. The first-order valence-electron chi connectivity index (χ1n) is 9.10. The van der Waals surface area contributed by atoms with Crippen LogP contribution in [0.4, 0.5) is 10.5 Å². The zero-order valence-corrected chi connectivity index (χ0v) is 15.1. The maximum Gasteiger partial charge on any atom is 0.352 e. The maximum atomic E-state index is 12.4. The number of anilines is 1. The van der Waals surface area contributed by atoms with Crippen LogP contribution in [-0.2, 0) is 30.4 Å². The van der Waals surface area contributed by atoms with Gasteiger partial charge in [-0.2, -0.15) is 5.48 Å². The molecule has 0 bridgehead atoms. The number of amides is 2. The molecular formula is C20H21N3O4. The summed E-state index contributed by atoms with van der Waals surface area (Å²) < 4.78 is 4.66. The van der Waals surface area contributed by atoms with Crippen LogP contribution in [0.25, 0.3) is 0 Å². The van der Waals surface area contributed by atoms with Crippen molar-refractivity contribution in [2.75, 3.05) is 12.4 Å². The summed E-state index contributed by atoms with van der Waals surface area (Å²) in [6, 6.07) is 4.76. The van der Waals surface area contributed by atoms with Crippen LogP contribution in [0.3, 0.4) is 0 Å². The highest BCUT2D eigenvalue weighted by Crippen LogP contribution is 2.38. The zero-order valence-electron chi connectivity index (χ0n) is 15.1. The molecule has 1 aromatic carbocycles. The Labute approximate surface area is 157 Å². The van der Waals surface area contributed by atoms with Gasteiger partial charge in [0, 0.05) is 18.0 Å². The van der Waals surface area contributed by atoms with Crippen LogP contribution >= 0.6 is 0 Å². The molecule has 140 valence electrons. The van der Waals surface area contributed by atoms with Gasteiger partial charge in [-0.05, 0) is 66.8 Å². The van der Waals surface area contributed by atoms with E-state index in [2.05, 4.69) is 26.6 Å². The van der Waals surface area contributed by atoms with E-state index in [-0.39, 0.29) is 5.88 Å². The van der Waals surface area contributed by atoms with E-state index in [0.29, 0.717) is 5.56 Å². The highest BCUT2D eigenvalue weighted by atomic mass is 16.7. The van der Waals surface area contributed by atoms with Gasteiger partial charge in [0.1, 0.15) is 0 Å². The lowest BCUT2D eigenvalue weighted by molar-refractivity contribution is 0.0600. The zero-order chi connectivity index (χ0) is 18.8. The average Bonchev–Trinajstić information content (AvgIpc) is 3.35. The fourth-order valence-corrected chi connectivity index (χ4v) is 3.91. The fraction of sp³-hybridized carbons (Fsp3) is 0.350. The molecule has 2 amide bonds. The number of methoxy groups -OCH3 is 1. The van der Waals surface area contributed by atoms with E-state index >= 15 is 0 Å². The molecule has 0 atom stereocenters. The summed E-state index contributed by atoms with van der Waals surface area (Å²) in [6.07, 6.45) is 7.77. The first-order chi connectivity index (χ1) is 13.2. The van der Waals surface area contributed by atoms with Gasteiger partial charge in [0.15, 0.2) is 0 Å². The lowest BCUT2D eigenvalue weighted by atomic mass is 9.99. The van der Waals surface area contributed by atoms with Crippen molar-refractivity contribution in [2.24, 2.45) is 0 Å². The summed E-state index contributed by atoms with van der Waals surface area (Å²) in [6.45, 7) is 0. The number of hydrogen-bond donors (Lipinski definition) is 2. The van der Waals surface area contributed by atoms with Gasteiger partial charge >= 0.3 is 12.0 Å². The number of rotatable bonds is 4. The van der Waals surface area contributed by atoms with E-state index in [9.17, 15) is 9.59 Å². The number of aryl methyl sites for hydroxylation is 2. The number of carbonyl (C=O) groups excluding carboxylic acids is 2. The van der Waals surface area contributed by atoms with Crippen molar-refractivity contribution in [3.05, 3.63) is 52.2 Å². The number of urea groups is 1. The van der Waals surface area contributed by atoms with Gasteiger partial charge in [-0.25, -0.2) is 14.6 Å². The smallest absolute Gasteiger partial charge is 0.352 e. The van der Waals surface area contributed by atoms with E-state index in [1.165, 1.54) is 47.7 Å². The second kappa shape index (κ2) is 7.26. The molecular weight excluding hydrogens is 346 g/mol. The third kappa shape index (κ3) is 3.45. The van der Waals surface area contributed by atoms with Gasteiger partial charge in [0.2, 0.25) is 5.88 Å². The summed E-state index contributed by atoms with van der Waals surface area (Å²) >= 11 is 0. The second-order valence-electron chi connectivity index (χ2n) is 6.77. The van der Waals surface area contributed by atoms with Gasteiger partial charge in [0.25, 0.3) is 0 Å². The first-order valence-corrected chi connectivity index (χ1v) is 9.10. The molecule has 0 spiro atoms. The van der Waals surface area contributed by atoms with Crippen LogP contribution in [-0.4, -0.2) is 24.1 Å². The number of benzene rings is 1. The van der Waals surface area contributed by atoms with Gasteiger partial charge in [-0.1, -0.05) is 6.07 Å². The molecule has 7 nitrogen and oxygen atoms in total. The fourth-order valence-electron chi connectivity index (χ4n) is 3.91. The van der Waals surface area contributed by atoms with Crippen molar-refractivity contribution in [3.8, 4) is 5.88 Å². The van der Waals surface area contributed by atoms with Crippen LogP contribution in [0.5, 0.6) is 5.88 Å². The van der Waals surface area contributed by atoms with Crippen LogP contribution in [0.15, 0.2) is 24.4 Å². The Kier molecular flexibility index (Phi) is 4.66. The lowest BCUT2D eigenvalue weighted by Crippen LogP contribution is -2.32. The number of hydrogen-bond acceptors (Lipinski definition) is 5. The van der Waals surface area contributed by atoms with E-state index in [4.69, 9.17) is 4.84 Å². The molecule has 27 heavy (non-hydrogen) atoms. The highest BCUT2D eigenvalue weighted by molar-refractivity contribution is 5.92. The van der Waals surface area contributed by atoms with E-state index < -0.39 is 12.0 Å². The number of nitrogens with one attached hydrogen (secondary N) is 2. The molecule has 0 aliphatic heterocycles. The third-order valence-electron chi connectivity index (χ3n) is 5.12. The van der Waals surface area contributed by atoms with Crippen LogP contribution < -0.4 is 15.6 Å². The predicted octanol–water partition coefficient (Wildman–Crippen LogP) is 2.96. The van der Waals surface area contributed by atoms with Crippen molar-refractivity contribution < 1.29 is 19.2 Å². The summed E-state index contributed by atoms with van der Waals surface area (Å²) in [5, 5.41) is 2.97. The first kappa shape index (κ1) is 17.3. The summed E-state index contributed by atoms with van der Waals surface area (Å²) in [7, 11) is 1.30. The van der Waals surface area contributed by atoms with E-state index in [0.717, 1.165) is 44.2 Å². The number of pyridine rings is 1. The molecule has 0 saturated heterocycles. The molecule has 4 rings (SSSR count). The number of nitrogens with zero attached hydrogens (tertiary/aromatic N) is 1. The van der Waals surface area contributed by atoms with Crippen LogP contribution in [0, 0.1) is 0 Å². The molecule has 0 saturated carbocycles. The summed E-state index contributed by atoms with van der Waals surface area (Å²) in [5.74, 6) is -0.390. The molecule has 2 N–H and O–H groups in total. The van der Waals surface area contributed by atoms with Crippen LogP contribution in [0.1, 0.15) is 45.5 Å². The van der Waals surface area contributed by atoms with Crippen molar-refractivity contribution in [3.63, 3.8) is 0 Å². The molecule has 0 unspecified atom stereocenters. The van der Waals surface area contributed by atoms with Crippen molar-refractivity contribution in [1.29, 1.82) is 0 Å². The Morgan fingerprint density at radius 1 is 1.04 bits per heavy atom. The minimum absolute atomic E-state index is 0.108. The largest absolute Gasteiger partial charge is 0.465 e. The van der Waals surface area contributed by atoms with Crippen molar-refractivity contribution >= 4 is 17.7 Å². The van der Waals surface area contributed by atoms with E-state index in [1.807, 2.05) is 0 Å². The van der Waals surface area contributed by atoms with Gasteiger partial charge in [0.05, 0.1) is 12.7 Å². The van der Waals surface area contributed by atoms with Gasteiger partial charge in [-0.15, -0.1) is 0 Å². The minimum Gasteiger partial charge on any atom is -0.465 e. The molecule has 7 heteroatoms. The molecule has 2 aliphatic rings.